The van der Waals surface area contributed by atoms with Gasteiger partial charge in [0.25, 0.3) is 5.69 Å². The van der Waals surface area contributed by atoms with E-state index < -0.39 is 4.92 Å². The second-order valence-corrected chi connectivity index (χ2v) is 4.02. The van der Waals surface area contributed by atoms with Gasteiger partial charge in [0.05, 0.1) is 4.92 Å². The Bertz CT molecular complexity index is 590. The highest BCUT2D eigenvalue weighted by Crippen LogP contribution is 2.26. The molecule has 0 bridgehead atoms. The van der Waals surface area contributed by atoms with Crippen molar-refractivity contribution in [3.8, 4) is 5.75 Å². The van der Waals surface area contributed by atoms with E-state index in [2.05, 4.69) is 9.97 Å². The van der Waals surface area contributed by atoms with Gasteiger partial charge >= 0.3 is 0 Å². The number of benzene rings is 1. The summed E-state index contributed by atoms with van der Waals surface area (Å²) in [7, 11) is 0. The molecule has 0 radical (unpaired) electrons. The van der Waals surface area contributed by atoms with Crippen LogP contribution in [0.3, 0.4) is 0 Å². The largest absolute Gasteiger partial charge is 0.507 e. The van der Waals surface area contributed by atoms with Gasteiger partial charge in [0.15, 0.2) is 0 Å². The molecule has 1 aromatic carbocycles. The van der Waals surface area contributed by atoms with Crippen LogP contribution in [0.5, 0.6) is 5.75 Å². The predicted octanol–water partition coefficient (Wildman–Crippen LogP) is 1.56. The number of nitro groups is 1. The Hall–Kier alpha value is -2.90. The second-order valence-electron chi connectivity index (χ2n) is 4.02. The van der Waals surface area contributed by atoms with Crippen LogP contribution in [0, 0.1) is 24.0 Å². The third-order valence-corrected chi connectivity index (χ3v) is 2.38. The third-order valence-electron chi connectivity index (χ3n) is 2.38. The van der Waals surface area contributed by atoms with Crippen molar-refractivity contribution in [3.63, 3.8) is 0 Å². The molecule has 0 unspecified atom stereocenters. The quantitative estimate of drug-likeness (QED) is 0.530. The van der Waals surface area contributed by atoms with E-state index in [0.29, 0.717) is 16.9 Å². The molecule has 0 aliphatic rings. The number of aromatic hydroxyl groups is 1. The van der Waals surface area contributed by atoms with Gasteiger partial charge in [-0.15, -0.1) is 0 Å². The van der Waals surface area contributed by atoms with Crippen molar-refractivity contribution in [2.75, 3.05) is 11.5 Å². The Morgan fingerprint density at radius 3 is 2.15 bits per heavy atom. The smallest absolute Gasteiger partial charge is 0.270 e. The maximum Gasteiger partial charge on any atom is 0.270 e. The molecule has 8 heteroatoms. The van der Waals surface area contributed by atoms with Crippen molar-refractivity contribution in [1.82, 2.24) is 9.97 Å². The number of nitrogen functional groups attached to an aromatic ring is 2. The fourth-order valence-electron chi connectivity index (χ4n) is 1.43. The van der Waals surface area contributed by atoms with E-state index in [1.54, 1.807) is 19.9 Å². The molecular formula is C12H15N5O3. The van der Waals surface area contributed by atoms with Crippen molar-refractivity contribution in [3.05, 3.63) is 45.6 Å². The van der Waals surface area contributed by atoms with Gasteiger partial charge in [-0.1, -0.05) is 0 Å². The number of rotatable bonds is 1. The fraction of sp³-hybridized carbons (Fsp3) is 0.167. The number of nitrogens with zero attached hydrogens (tertiary/aromatic N) is 3. The van der Waals surface area contributed by atoms with E-state index in [9.17, 15) is 15.2 Å². The Morgan fingerprint density at radius 1 is 1.25 bits per heavy atom. The van der Waals surface area contributed by atoms with Crippen molar-refractivity contribution in [2.45, 2.75) is 13.8 Å². The molecule has 0 aliphatic carbocycles. The number of non-ortho nitro benzene ring substituents is 1. The molecule has 5 N–H and O–H groups in total. The molecule has 0 saturated carbocycles. The Morgan fingerprint density at radius 2 is 1.80 bits per heavy atom. The third kappa shape index (κ3) is 4.09. The van der Waals surface area contributed by atoms with Crippen LogP contribution in [0.4, 0.5) is 17.5 Å². The first-order valence-electron chi connectivity index (χ1n) is 5.60. The van der Waals surface area contributed by atoms with E-state index in [0.717, 1.165) is 0 Å². The van der Waals surface area contributed by atoms with Crippen LogP contribution in [0.15, 0.2) is 24.4 Å². The molecule has 8 nitrogen and oxygen atoms in total. The summed E-state index contributed by atoms with van der Waals surface area (Å²) in [5.74, 6) is 0.739. The van der Waals surface area contributed by atoms with E-state index in [-0.39, 0.29) is 17.4 Å². The average Bonchev–Trinajstić information content (AvgIpc) is 2.35. The van der Waals surface area contributed by atoms with Gasteiger partial charge in [0, 0.05) is 18.3 Å². The van der Waals surface area contributed by atoms with Gasteiger partial charge < -0.3 is 16.6 Å². The summed E-state index contributed by atoms with van der Waals surface area (Å²) in [6, 6.07) is 4.28. The van der Waals surface area contributed by atoms with Gasteiger partial charge in [0.2, 0.25) is 5.95 Å². The number of aryl methyl sites for hydroxylation is 2. The molecule has 0 spiro atoms. The first-order chi connectivity index (χ1) is 9.31. The minimum absolute atomic E-state index is 0.0165. The molecule has 0 fully saturated rings. The zero-order valence-corrected chi connectivity index (χ0v) is 11.1. The lowest BCUT2D eigenvalue weighted by molar-refractivity contribution is -0.385. The average molecular weight is 277 g/mol. The summed E-state index contributed by atoms with van der Waals surface area (Å²) in [4.78, 5) is 17.1. The second kappa shape index (κ2) is 6.32. The first-order valence-corrected chi connectivity index (χ1v) is 5.60. The van der Waals surface area contributed by atoms with Crippen molar-refractivity contribution in [1.29, 1.82) is 0 Å². The van der Waals surface area contributed by atoms with Crippen LogP contribution in [-0.4, -0.2) is 20.0 Å². The maximum absolute atomic E-state index is 10.3. The topological polar surface area (TPSA) is 141 Å². The molecular weight excluding hydrogens is 262 g/mol. The maximum atomic E-state index is 10.3. The SMILES string of the molecule is Cc1cc([N+](=O)[O-])cc(C)c1O.Nc1ccnc(N)n1. The van der Waals surface area contributed by atoms with Gasteiger partial charge in [-0.2, -0.15) is 4.98 Å². The molecule has 1 heterocycles. The van der Waals surface area contributed by atoms with Crippen molar-refractivity contribution in [2.24, 2.45) is 0 Å². The predicted molar refractivity (Wildman–Crippen MR) is 75.1 cm³/mol. The fourth-order valence-corrected chi connectivity index (χ4v) is 1.43. The Balaban J connectivity index is 0.000000217. The number of aromatic nitrogens is 2. The van der Waals surface area contributed by atoms with Crippen LogP contribution in [0.2, 0.25) is 0 Å². The highest BCUT2D eigenvalue weighted by Gasteiger charge is 2.10. The number of hydrogen-bond acceptors (Lipinski definition) is 7. The summed E-state index contributed by atoms with van der Waals surface area (Å²) in [5, 5.41) is 19.6. The molecule has 0 saturated heterocycles. The van der Waals surface area contributed by atoms with Crippen LogP contribution < -0.4 is 11.5 Å². The molecule has 1 aromatic heterocycles. The molecule has 0 aliphatic heterocycles. The van der Waals surface area contributed by atoms with Crippen LogP contribution >= 0.6 is 0 Å². The highest BCUT2D eigenvalue weighted by atomic mass is 16.6. The highest BCUT2D eigenvalue weighted by molar-refractivity contribution is 5.47. The lowest BCUT2D eigenvalue weighted by Crippen LogP contribution is -1.96. The molecule has 0 amide bonds. The monoisotopic (exact) mass is 277 g/mol. The Kier molecular flexibility index (Phi) is 4.79. The zero-order valence-electron chi connectivity index (χ0n) is 11.1. The summed E-state index contributed by atoms with van der Waals surface area (Å²) < 4.78 is 0. The zero-order chi connectivity index (χ0) is 15.3. The van der Waals surface area contributed by atoms with Gasteiger partial charge in [0.1, 0.15) is 11.6 Å². The molecule has 20 heavy (non-hydrogen) atoms. The van der Waals surface area contributed by atoms with Gasteiger partial charge in [-0.25, -0.2) is 4.98 Å². The molecule has 106 valence electrons. The van der Waals surface area contributed by atoms with Crippen molar-refractivity contribution < 1.29 is 10.0 Å². The number of nitrogens with two attached hydrogens (primary N) is 2. The standard InChI is InChI=1S/C8H9NO3.C4H6N4/c1-5-3-7(9(11)12)4-6(2)8(5)10;5-3-1-2-7-4(6)8-3/h3-4,10H,1-2H3;1-2H,(H4,5,6,7,8). The minimum atomic E-state index is -0.473. The van der Waals surface area contributed by atoms with E-state index in [1.165, 1.54) is 18.3 Å². The number of phenols is 1. The normalized spacial score (nSPS) is 9.50. The number of anilines is 2. The molecule has 2 aromatic rings. The van der Waals surface area contributed by atoms with Gasteiger partial charge in [-0.05, 0) is 31.0 Å². The number of hydrogen-bond donors (Lipinski definition) is 3. The summed E-state index contributed by atoms with van der Waals surface area (Å²) in [6.07, 6.45) is 1.51. The van der Waals surface area contributed by atoms with E-state index >= 15 is 0 Å². The van der Waals surface area contributed by atoms with Crippen LogP contribution in [0.1, 0.15) is 11.1 Å². The summed E-state index contributed by atoms with van der Waals surface area (Å²) in [6.45, 7) is 3.27. The number of nitro benzene ring substituents is 1. The van der Waals surface area contributed by atoms with Gasteiger partial charge in [-0.3, -0.25) is 10.1 Å². The summed E-state index contributed by atoms with van der Waals surface area (Å²) >= 11 is 0. The van der Waals surface area contributed by atoms with Crippen LogP contribution in [-0.2, 0) is 0 Å². The number of phenolic OH excluding ortho intramolecular Hbond substituents is 1. The molecule has 0 atom stereocenters. The first kappa shape index (κ1) is 15.2. The van der Waals surface area contributed by atoms with Crippen LogP contribution in [0.25, 0.3) is 0 Å². The lowest BCUT2D eigenvalue weighted by Gasteiger charge is -2.01. The van der Waals surface area contributed by atoms with E-state index in [1.807, 2.05) is 0 Å². The Labute approximate surface area is 115 Å². The lowest BCUT2D eigenvalue weighted by atomic mass is 10.1. The van der Waals surface area contributed by atoms with Crippen molar-refractivity contribution >= 4 is 17.5 Å². The summed E-state index contributed by atoms with van der Waals surface area (Å²) in [5.41, 5.74) is 11.5. The minimum Gasteiger partial charge on any atom is -0.507 e. The van der Waals surface area contributed by atoms with E-state index in [4.69, 9.17) is 11.5 Å². The molecule has 2 rings (SSSR count).